The molecule has 0 radical (unpaired) electrons. The van der Waals surface area contributed by atoms with Crippen molar-refractivity contribution in [1.29, 1.82) is 0 Å². The first kappa shape index (κ1) is 20.2. The van der Waals surface area contributed by atoms with E-state index in [0.29, 0.717) is 17.3 Å². The lowest BCUT2D eigenvalue weighted by Crippen LogP contribution is -2.49. The molecule has 3 rings (SSSR count). The summed E-state index contributed by atoms with van der Waals surface area (Å²) < 4.78 is 18.0. The second kappa shape index (κ2) is 9.61. The Morgan fingerprint density at radius 2 is 1.71 bits per heavy atom. The number of thiocarbonyl (C=S) groups is 1. The van der Waals surface area contributed by atoms with E-state index in [4.69, 9.17) is 17.0 Å². The molecule has 2 aromatic carbocycles. The number of piperazine rings is 1. The first-order valence-electron chi connectivity index (χ1n) is 9.35. The van der Waals surface area contributed by atoms with Crippen LogP contribution in [-0.2, 0) is 11.3 Å². The highest BCUT2D eigenvalue weighted by molar-refractivity contribution is 7.80. The van der Waals surface area contributed by atoms with Crippen molar-refractivity contribution in [1.82, 2.24) is 9.80 Å². The van der Waals surface area contributed by atoms with E-state index in [-0.39, 0.29) is 11.8 Å². The summed E-state index contributed by atoms with van der Waals surface area (Å²) in [6.07, 6.45) is 0. The number of esters is 1. The smallest absolute Gasteiger partial charge is 0.338 e. The Hall–Kier alpha value is -2.51. The molecule has 0 spiro atoms. The van der Waals surface area contributed by atoms with E-state index in [1.54, 1.807) is 19.1 Å². The fourth-order valence-electron chi connectivity index (χ4n) is 3.06. The van der Waals surface area contributed by atoms with E-state index in [1.807, 2.05) is 24.3 Å². The van der Waals surface area contributed by atoms with Crippen LogP contribution < -0.4 is 5.32 Å². The number of nitrogens with zero attached hydrogens (tertiary/aromatic N) is 2. The Labute approximate surface area is 170 Å². The molecule has 0 amide bonds. The van der Waals surface area contributed by atoms with E-state index < -0.39 is 0 Å². The van der Waals surface area contributed by atoms with Crippen molar-refractivity contribution in [2.24, 2.45) is 0 Å². The molecule has 5 nitrogen and oxygen atoms in total. The van der Waals surface area contributed by atoms with Crippen LogP contribution >= 0.6 is 12.2 Å². The van der Waals surface area contributed by atoms with Gasteiger partial charge in [0.25, 0.3) is 0 Å². The second-order valence-electron chi connectivity index (χ2n) is 6.62. The molecule has 28 heavy (non-hydrogen) atoms. The highest BCUT2D eigenvalue weighted by Gasteiger charge is 2.19. The van der Waals surface area contributed by atoms with Crippen molar-refractivity contribution in [2.45, 2.75) is 13.5 Å². The highest BCUT2D eigenvalue weighted by Crippen LogP contribution is 2.14. The molecule has 0 bridgehead atoms. The van der Waals surface area contributed by atoms with Crippen molar-refractivity contribution < 1.29 is 13.9 Å². The van der Waals surface area contributed by atoms with Crippen LogP contribution in [0.3, 0.4) is 0 Å². The van der Waals surface area contributed by atoms with Crippen LogP contribution in [0.25, 0.3) is 0 Å². The zero-order chi connectivity index (χ0) is 19.9. The van der Waals surface area contributed by atoms with E-state index >= 15 is 0 Å². The zero-order valence-corrected chi connectivity index (χ0v) is 16.7. The molecule has 1 aliphatic rings. The summed E-state index contributed by atoms with van der Waals surface area (Å²) >= 11 is 5.53. The number of carbonyl (C=O) groups is 1. The minimum Gasteiger partial charge on any atom is -0.462 e. The van der Waals surface area contributed by atoms with Crippen molar-refractivity contribution >= 4 is 29.0 Å². The van der Waals surface area contributed by atoms with Crippen LogP contribution in [0.1, 0.15) is 22.8 Å². The van der Waals surface area contributed by atoms with Gasteiger partial charge in [-0.1, -0.05) is 12.1 Å². The summed E-state index contributed by atoms with van der Waals surface area (Å²) in [5.41, 5.74) is 2.47. The van der Waals surface area contributed by atoms with Crippen LogP contribution in [-0.4, -0.2) is 53.7 Å². The van der Waals surface area contributed by atoms with Gasteiger partial charge in [0.2, 0.25) is 0 Å². The third kappa shape index (κ3) is 5.50. The molecule has 0 atom stereocenters. The summed E-state index contributed by atoms with van der Waals surface area (Å²) in [5.74, 6) is -0.533. The van der Waals surface area contributed by atoms with E-state index in [0.717, 1.165) is 44.0 Å². The van der Waals surface area contributed by atoms with Gasteiger partial charge in [-0.05, 0) is 61.1 Å². The number of rotatable bonds is 5. The fourth-order valence-corrected chi connectivity index (χ4v) is 3.36. The molecule has 1 fully saturated rings. The molecule has 1 saturated heterocycles. The van der Waals surface area contributed by atoms with Crippen LogP contribution in [0.2, 0.25) is 0 Å². The number of anilines is 1. The van der Waals surface area contributed by atoms with Gasteiger partial charge >= 0.3 is 5.97 Å². The quantitative estimate of drug-likeness (QED) is 0.611. The molecule has 148 valence electrons. The van der Waals surface area contributed by atoms with Gasteiger partial charge in [0.05, 0.1) is 12.2 Å². The van der Waals surface area contributed by atoms with Crippen molar-refractivity contribution in [2.75, 3.05) is 38.1 Å². The average molecular weight is 402 g/mol. The van der Waals surface area contributed by atoms with Gasteiger partial charge in [-0.15, -0.1) is 0 Å². The third-order valence-corrected chi connectivity index (χ3v) is 4.99. The number of benzene rings is 2. The number of ether oxygens (including phenoxy) is 1. The number of hydrogen-bond donors (Lipinski definition) is 1. The lowest BCUT2D eigenvalue weighted by Gasteiger charge is -2.36. The standard InChI is InChI=1S/C21H24FN3O2S/c1-2-27-20(26)17-5-9-19(10-6-17)23-21(28)25-13-11-24(12-14-25)15-16-3-7-18(22)8-4-16/h3-10H,2,11-15H2,1H3,(H,23,28). The third-order valence-electron chi connectivity index (χ3n) is 4.63. The largest absolute Gasteiger partial charge is 0.462 e. The molecule has 1 N–H and O–H groups in total. The topological polar surface area (TPSA) is 44.8 Å². The van der Waals surface area contributed by atoms with Gasteiger partial charge < -0.3 is 15.0 Å². The monoisotopic (exact) mass is 401 g/mol. The van der Waals surface area contributed by atoms with Gasteiger partial charge in [-0.25, -0.2) is 9.18 Å². The molecule has 7 heteroatoms. The zero-order valence-electron chi connectivity index (χ0n) is 15.9. The first-order chi connectivity index (χ1) is 13.5. The fraction of sp³-hybridized carbons (Fsp3) is 0.333. The van der Waals surface area contributed by atoms with Gasteiger partial charge in [-0.2, -0.15) is 0 Å². The molecule has 1 heterocycles. The molecule has 0 aliphatic carbocycles. The van der Waals surface area contributed by atoms with E-state index in [2.05, 4.69) is 15.1 Å². The van der Waals surface area contributed by atoms with Gasteiger partial charge in [0, 0.05) is 38.4 Å². The lowest BCUT2D eigenvalue weighted by atomic mass is 10.2. The maximum absolute atomic E-state index is 13.0. The lowest BCUT2D eigenvalue weighted by molar-refractivity contribution is 0.0526. The summed E-state index contributed by atoms with van der Waals surface area (Å²) in [6, 6.07) is 13.7. The molecule has 0 saturated carbocycles. The average Bonchev–Trinajstić information content (AvgIpc) is 2.71. The molecule has 0 aromatic heterocycles. The first-order valence-corrected chi connectivity index (χ1v) is 9.76. The summed E-state index contributed by atoms with van der Waals surface area (Å²) in [5, 5.41) is 3.90. The Kier molecular flexibility index (Phi) is 6.95. The predicted octanol–water partition coefficient (Wildman–Crippen LogP) is 3.52. The van der Waals surface area contributed by atoms with Crippen LogP contribution in [0.4, 0.5) is 10.1 Å². The van der Waals surface area contributed by atoms with E-state index in [9.17, 15) is 9.18 Å². The van der Waals surface area contributed by atoms with E-state index in [1.165, 1.54) is 12.1 Å². The van der Waals surface area contributed by atoms with Crippen molar-refractivity contribution in [3.63, 3.8) is 0 Å². The summed E-state index contributed by atoms with van der Waals surface area (Å²) in [4.78, 5) is 16.2. The van der Waals surface area contributed by atoms with Crippen LogP contribution in [0.15, 0.2) is 48.5 Å². The normalized spacial score (nSPS) is 14.6. The van der Waals surface area contributed by atoms with Gasteiger partial charge in [0.1, 0.15) is 5.82 Å². The van der Waals surface area contributed by atoms with Gasteiger partial charge in [0.15, 0.2) is 5.11 Å². The number of nitrogens with one attached hydrogen (secondary N) is 1. The molecule has 2 aromatic rings. The Morgan fingerprint density at radius 3 is 2.32 bits per heavy atom. The number of halogens is 1. The number of carbonyl (C=O) groups excluding carboxylic acids is 1. The summed E-state index contributed by atoms with van der Waals surface area (Å²) in [7, 11) is 0. The Morgan fingerprint density at radius 1 is 1.07 bits per heavy atom. The minimum atomic E-state index is -0.325. The molecular formula is C21H24FN3O2S. The SMILES string of the molecule is CCOC(=O)c1ccc(NC(=S)N2CCN(Cc3ccc(F)cc3)CC2)cc1. The molecule has 1 aliphatic heterocycles. The van der Waals surface area contributed by atoms with Gasteiger partial charge in [-0.3, -0.25) is 4.90 Å². The van der Waals surface area contributed by atoms with Crippen LogP contribution in [0.5, 0.6) is 0 Å². The maximum atomic E-state index is 13.0. The minimum absolute atomic E-state index is 0.208. The van der Waals surface area contributed by atoms with Crippen molar-refractivity contribution in [3.8, 4) is 0 Å². The van der Waals surface area contributed by atoms with Crippen molar-refractivity contribution in [3.05, 3.63) is 65.5 Å². The Bertz CT molecular complexity index is 803. The summed E-state index contributed by atoms with van der Waals surface area (Å²) in [6.45, 7) is 6.38. The highest BCUT2D eigenvalue weighted by atomic mass is 32.1. The maximum Gasteiger partial charge on any atom is 0.338 e. The predicted molar refractivity (Wildman–Crippen MR) is 112 cm³/mol. The Balaban J connectivity index is 1.47. The molecular weight excluding hydrogens is 377 g/mol. The second-order valence-corrected chi connectivity index (χ2v) is 7.00. The van der Waals surface area contributed by atoms with Crippen LogP contribution in [0, 0.1) is 5.82 Å². The number of hydrogen-bond acceptors (Lipinski definition) is 4. The molecule has 0 unspecified atom stereocenters.